The third-order valence-electron chi connectivity index (χ3n) is 6.78. The Morgan fingerprint density at radius 1 is 1.03 bits per heavy atom. The van der Waals surface area contributed by atoms with Crippen LogP contribution in [-0.4, -0.2) is 61.3 Å². The number of hydrogen-bond acceptors (Lipinski definition) is 6. The van der Waals surface area contributed by atoms with Gasteiger partial charge < -0.3 is 19.5 Å². The molecule has 2 fully saturated rings. The van der Waals surface area contributed by atoms with Gasteiger partial charge in [-0.15, -0.1) is 0 Å². The van der Waals surface area contributed by atoms with Crippen molar-refractivity contribution in [1.82, 2.24) is 4.90 Å². The molecule has 2 aliphatic rings. The Kier molecular flexibility index (Phi) is 7.09. The fraction of sp³-hybridized carbons (Fsp3) is 0.440. The molecule has 0 aromatic heterocycles. The van der Waals surface area contributed by atoms with Crippen molar-refractivity contribution in [3.63, 3.8) is 0 Å². The Balaban J connectivity index is 1.50. The van der Waals surface area contributed by atoms with Crippen LogP contribution in [-0.2, 0) is 11.2 Å². The fourth-order valence-corrected chi connectivity index (χ4v) is 4.68. The summed E-state index contributed by atoms with van der Waals surface area (Å²) in [6.07, 6.45) is 2.94. The van der Waals surface area contributed by atoms with E-state index in [9.17, 15) is 24.1 Å². The molecule has 1 amide bonds. The van der Waals surface area contributed by atoms with Gasteiger partial charge in [-0.05, 0) is 42.5 Å². The predicted molar refractivity (Wildman–Crippen MR) is 128 cm³/mol. The Labute approximate surface area is 198 Å². The molecule has 2 heterocycles. The molecule has 0 unspecified atom stereocenters. The highest BCUT2D eigenvalue weighted by Gasteiger charge is 2.29. The highest BCUT2D eigenvalue weighted by molar-refractivity contribution is 6.00. The molecule has 0 N–H and O–H groups in total. The largest absolute Gasteiger partial charge is 0.371 e. The van der Waals surface area contributed by atoms with Crippen LogP contribution in [0.15, 0.2) is 36.4 Å². The smallest absolute Gasteiger partial charge is 0.270 e. The third-order valence-corrected chi connectivity index (χ3v) is 6.78. The number of piperidine rings is 1. The highest BCUT2D eigenvalue weighted by Crippen LogP contribution is 2.31. The zero-order chi connectivity index (χ0) is 24.2. The quantitative estimate of drug-likeness (QED) is 0.365. The van der Waals surface area contributed by atoms with Crippen LogP contribution in [0.1, 0.15) is 35.7 Å². The number of aldehydes is 1. The Hall–Kier alpha value is -3.49. The minimum absolute atomic E-state index is 0.103. The van der Waals surface area contributed by atoms with Gasteiger partial charge in [-0.1, -0.05) is 13.0 Å². The van der Waals surface area contributed by atoms with Crippen molar-refractivity contribution in [2.24, 2.45) is 5.92 Å². The third kappa shape index (κ3) is 5.03. The lowest BCUT2D eigenvalue weighted by atomic mass is 9.97. The zero-order valence-electron chi connectivity index (χ0n) is 19.3. The maximum atomic E-state index is 14.6. The second kappa shape index (κ2) is 10.2. The molecular formula is C25H29FN4O4. The average Bonchev–Trinajstić information content (AvgIpc) is 2.84. The second-order valence-corrected chi connectivity index (χ2v) is 9.06. The summed E-state index contributed by atoms with van der Waals surface area (Å²) in [6, 6.07) is 9.30. The summed E-state index contributed by atoms with van der Waals surface area (Å²) in [5.74, 6) is -0.00683. The number of piperazine rings is 1. The molecule has 34 heavy (non-hydrogen) atoms. The van der Waals surface area contributed by atoms with E-state index in [4.69, 9.17) is 0 Å². The van der Waals surface area contributed by atoms with Crippen molar-refractivity contribution >= 4 is 29.3 Å². The number of nitrogens with zero attached hydrogens (tertiary/aromatic N) is 4. The molecule has 2 aromatic rings. The maximum absolute atomic E-state index is 14.6. The normalized spacial score (nSPS) is 17.1. The van der Waals surface area contributed by atoms with Gasteiger partial charge in [0.15, 0.2) is 0 Å². The Morgan fingerprint density at radius 3 is 2.29 bits per heavy atom. The minimum Gasteiger partial charge on any atom is -0.371 e. The molecule has 4 rings (SSSR count). The molecule has 0 radical (unpaired) electrons. The average molecular weight is 469 g/mol. The number of halogens is 1. The van der Waals surface area contributed by atoms with E-state index in [2.05, 4.69) is 11.8 Å². The number of hydrogen-bond donors (Lipinski definition) is 0. The van der Waals surface area contributed by atoms with E-state index in [1.807, 2.05) is 4.90 Å². The van der Waals surface area contributed by atoms with Crippen LogP contribution in [0.3, 0.4) is 0 Å². The number of anilines is 2. The maximum Gasteiger partial charge on any atom is 0.270 e. The summed E-state index contributed by atoms with van der Waals surface area (Å²) >= 11 is 0. The fourth-order valence-electron chi connectivity index (χ4n) is 4.68. The molecule has 0 spiro atoms. The van der Waals surface area contributed by atoms with Crippen LogP contribution in [0.2, 0.25) is 0 Å². The molecule has 0 bridgehead atoms. The molecule has 2 aliphatic heterocycles. The monoisotopic (exact) mass is 468 g/mol. The number of carbonyl (C=O) groups is 2. The van der Waals surface area contributed by atoms with Crippen LogP contribution < -0.4 is 9.80 Å². The van der Waals surface area contributed by atoms with E-state index in [-0.39, 0.29) is 23.8 Å². The van der Waals surface area contributed by atoms with Crippen molar-refractivity contribution in [1.29, 1.82) is 0 Å². The first-order chi connectivity index (χ1) is 16.4. The van der Waals surface area contributed by atoms with Crippen LogP contribution in [0.25, 0.3) is 0 Å². The van der Waals surface area contributed by atoms with E-state index in [1.54, 1.807) is 23.1 Å². The first-order valence-electron chi connectivity index (χ1n) is 11.7. The molecule has 8 nitrogen and oxygen atoms in total. The van der Waals surface area contributed by atoms with Crippen molar-refractivity contribution < 1.29 is 18.9 Å². The topological polar surface area (TPSA) is 87.0 Å². The van der Waals surface area contributed by atoms with Crippen LogP contribution >= 0.6 is 0 Å². The Morgan fingerprint density at radius 2 is 1.68 bits per heavy atom. The van der Waals surface area contributed by atoms with Crippen molar-refractivity contribution in [3.05, 3.63) is 63.5 Å². The van der Waals surface area contributed by atoms with E-state index in [1.165, 1.54) is 18.2 Å². The second-order valence-electron chi connectivity index (χ2n) is 9.06. The lowest BCUT2D eigenvalue weighted by molar-refractivity contribution is -0.384. The summed E-state index contributed by atoms with van der Waals surface area (Å²) in [6.45, 7) is 5.49. The van der Waals surface area contributed by atoms with Gasteiger partial charge in [0.2, 0.25) is 0 Å². The first-order valence-corrected chi connectivity index (χ1v) is 11.7. The van der Waals surface area contributed by atoms with Gasteiger partial charge in [-0.25, -0.2) is 4.39 Å². The lowest BCUT2D eigenvalue weighted by Gasteiger charge is -2.37. The summed E-state index contributed by atoms with van der Waals surface area (Å²) in [5, 5.41) is 11.4. The van der Waals surface area contributed by atoms with Gasteiger partial charge in [0.1, 0.15) is 12.1 Å². The van der Waals surface area contributed by atoms with Gasteiger partial charge in [-0.3, -0.25) is 14.9 Å². The SMILES string of the molecule is CC1CCN(c2ccc([N+](=O)[O-])cc2C(=O)N2CCN(c3ccc(CC=O)cc3F)CC2)CC1. The van der Waals surface area contributed by atoms with Gasteiger partial charge in [-0.2, -0.15) is 0 Å². The molecule has 2 aromatic carbocycles. The number of non-ortho nitro benzene ring substituents is 1. The summed E-state index contributed by atoms with van der Waals surface area (Å²) in [7, 11) is 0. The number of nitro benzene ring substituents is 1. The first kappa shape index (κ1) is 23.7. The number of carbonyl (C=O) groups excluding carboxylic acids is 2. The van der Waals surface area contributed by atoms with Crippen LogP contribution in [0.4, 0.5) is 21.5 Å². The van der Waals surface area contributed by atoms with Gasteiger partial charge in [0, 0.05) is 57.8 Å². The molecular weight excluding hydrogens is 439 g/mol. The van der Waals surface area contributed by atoms with Gasteiger partial charge in [0.25, 0.3) is 11.6 Å². The number of benzene rings is 2. The zero-order valence-corrected chi connectivity index (χ0v) is 19.3. The molecule has 0 atom stereocenters. The molecule has 180 valence electrons. The van der Waals surface area contributed by atoms with Crippen molar-refractivity contribution in [2.45, 2.75) is 26.2 Å². The van der Waals surface area contributed by atoms with E-state index < -0.39 is 4.92 Å². The summed E-state index contributed by atoms with van der Waals surface area (Å²) in [5.41, 5.74) is 2.05. The highest BCUT2D eigenvalue weighted by atomic mass is 19.1. The Bertz CT molecular complexity index is 1080. The standard InChI is InChI=1S/C25H29FN4O4/c1-18-6-9-27(10-7-18)23-5-3-20(30(33)34)17-21(23)25(32)29-13-11-28(12-14-29)24-4-2-19(8-15-31)16-22(24)26/h2-5,15-18H,6-14H2,1H3. The lowest BCUT2D eigenvalue weighted by Crippen LogP contribution is -2.49. The van der Waals surface area contributed by atoms with Crippen molar-refractivity contribution in [3.8, 4) is 0 Å². The van der Waals surface area contributed by atoms with Crippen molar-refractivity contribution in [2.75, 3.05) is 49.1 Å². The summed E-state index contributed by atoms with van der Waals surface area (Å²) in [4.78, 5) is 40.8. The van der Waals surface area contributed by atoms with E-state index in [0.717, 1.165) is 37.9 Å². The number of nitro groups is 1. The molecule has 0 saturated carbocycles. The van der Waals surface area contributed by atoms with E-state index in [0.29, 0.717) is 48.9 Å². The van der Waals surface area contributed by atoms with Gasteiger partial charge in [0.05, 0.1) is 21.9 Å². The van der Waals surface area contributed by atoms with Crippen LogP contribution in [0, 0.1) is 21.8 Å². The summed E-state index contributed by atoms with van der Waals surface area (Å²) < 4.78 is 14.6. The molecule has 9 heteroatoms. The predicted octanol–water partition coefficient (Wildman–Crippen LogP) is 3.67. The number of rotatable bonds is 6. The van der Waals surface area contributed by atoms with Crippen LogP contribution in [0.5, 0.6) is 0 Å². The minimum atomic E-state index is -0.478. The molecule has 0 aliphatic carbocycles. The van der Waals surface area contributed by atoms with E-state index >= 15 is 0 Å². The number of amides is 1. The van der Waals surface area contributed by atoms with Gasteiger partial charge >= 0.3 is 0 Å². The molecule has 2 saturated heterocycles.